The van der Waals surface area contributed by atoms with Gasteiger partial charge in [0.15, 0.2) is 0 Å². The quantitative estimate of drug-likeness (QED) is 0.672. The summed E-state index contributed by atoms with van der Waals surface area (Å²) in [7, 11) is 1.95. The summed E-state index contributed by atoms with van der Waals surface area (Å²) in [6.07, 6.45) is 2.12. The number of hydrogen-bond acceptors (Lipinski definition) is 2. The first kappa shape index (κ1) is 11.4. The van der Waals surface area contributed by atoms with Gasteiger partial charge in [-0.25, -0.2) is 0 Å². The maximum atomic E-state index is 10.9. The molecule has 0 aromatic carbocycles. The molecule has 3 nitrogen and oxygen atoms in total. The molecule has 0 fully saturated rings. The molecular weight excluding hydrogens is 152 g/mol. The molecule has 0 aliphatic heterocycles. The van der Waals surface area contributed by atoms with Crippen molar-refractivity contribution in [2.24, 2.45) is 5.73 Å². The number of hydrogen-bond donors (Lipinski definition) is 1. The summed E-state index contributed by atoms with van der Waals surface area (Å²) in [5.41, 5.74) is 5.20. The van der Waals surface area contributed by atoms with Crippen molar-refractivity contribution in [1.82, 2.24) is 4.90 Å². The van der Waals surface area contributed by atoms with E-state index in [9.17, 15) is 4.79 Å². The summed E-state index contributed by atoms with van der Waals surface area (Å²) >= 11 is 0. The van der Waals surface area contributed by atoms with E-state index < -0.39 is 0 Å². The lowest BCUT2D eigenvalue weighted by Crippen LogP contribution is -2.45. The van der Waals surface area contributed by atoms with Crippen molar-refractivity contribution in [3.8, 4) is 0 Å². The number of likely N-dealkylation sites (N-methyl/N-ethyl adjacent to an activating group) is 1. The monoisotopic (exact) mass is 172 g/mol. The molecule has 0 aliphatic carbocycles. The fraction of sp³-hybridized carbons (Fsp3) is 0.889. The first-order valence-electron chi connectivity index (χ1n) is 4.55. The van der Waals surface area contributed by atoms with Crippen LogP contribution in [0, 0.1) is 0 Å². The number of carbonyl (C=O) groups excluding carboxylic acids is 1. The standard InChI is InChI=1S/C9H20N2O/c1-5-8(6-2)11(4)7(3)9(10)12/h7-8H,5-6H2,1-4H3,(H2,10,12). The summed E-state index contributed by atoms with van der Waals surface area (Å²) in [6, 6.07) is 0.308. The Labute approximate surface area is 74.9 Å². The first-order chi connectivity index (χ1) is 5.54. The van der Waals surface area contributed by atoms with Crippen LogP contribution < -0.4 is 5.73 Å². The van der Waals surface area contributed by atoms with Gasteiger partial charge in [0.1, 0.15) is 0 Å². The maximum Gasteiger partial charge on any atom is 0.234 e. The van der Waals surface area contributed by atoms with E-state index in [1.54, 1.807) is 0 Å². The van der Waals surface area contributed by atoms with Crippen LogP contribution in [0.4, 0.5) is 0 Å². The molecule has 0 radical (unpaired) electrons. The lowest BCUT2D eigenvalue weighted by molar-refractivity contribution is -0.123. The van der Waals surface area contributed by atoms with Crippen molar-refractivity contribution in [3.63, 3.8) is 0 Å². The molecule has 0 bridgehead atoms. The van der Waals surface area contributed by atoms with Gasteiger partial charge >= 0.3 is 0 Å². The predicted octanol–water partition coefficient (Wildman–Crippen LogP) is 0.981. The number of nitrogens with two attached hydrogens (primary N) is 1. The summed E-state index contributed by atoms with van der Waals surface area (Å²) in [4.78, 5) is 12.9. The van der Waals surface area contributed by atoms with Gasteiger partial charge in [0.2, 0.25) is 5.91 Å². The highest BCUT2D eigenvalue weighted by atomic mass is 16.1. The molecule has 1 unspecified atom stereocenters. The molecule has 72 valence electrons. The highest BCUT2D eigenvalue weighted by Gasteiger charge is 2.20. The van der Waals surface area contributed by atoms with Crippen LogP contribution in [0.15, 0.2) is 0 Å². The first-order valence-corrected chi connectivity index (χ1v) is 4.55. The Hall–Kier alpha value is -0.570. The Balaban J connectivity index is 4.14. The van der Waals surface area contributed by atoms with E-state index in [0.717, 1.165) is 12.8 Å². The molecule has 0 aliphatic rings. The van der Waals surface area contributed by atoms with Crippen molar-refractivity contribution in [2.45, 2.75) is 45.7 Å². The van der Waals surface area contributed by atoms with Gasteiger partial charge in [-0.1, -0.05) is 13.8 Å². The van der Waals surface area contributed by atoms with E-state index in [4.69, 9.17) is 5.73 Å². The van der Waals surface area contributed by atoms with Gasteiger partial charge < -0.3 is 5.73 Å². The number of carbonyl (C=O) groups is 1. The predicted molar refractivity (Wildman–Crippen MR) is 50.8 cm³/mol. The SMILES string of the molecule is CCC(CC)N(C)C(C)C(N)=O. The van der Waals surface area contributed by atoms with Crippen molar-refractivity contribution >= 4 is 5.91 Å². The molecule has 0 aromatic rings. The van der Waals surface area contributed by atoms with E-state index in [1.807, 2.05) is 18.9 Å². The van der Waals surface area contributed by atoms with Gasteiger partial charge in [-0.15, -0.1) is 0 Å². The van der Waals surface area contributed by atoms with Crippen molar-refractivity contribution in [2.75, 3.05) is 7.05 Å². The van der Waals surface area contributed by atoms with E-state index in [0.29, 0.717) is 6.04 Å². The van der Waals surface area contributed by atoms with E-state index in [2.05, 4.69) is 13.8 Å². The topological polar surface area (TPSA) is 46.3 Å². The van der Waals surface area contributed by atoms with E-state index >= 15 is 0 Å². The summed E-state index contributed by atoms with van der Waals surface area (Å²) in [5.74, 6) is -0.246. The molecule has 0 heterocycles. The van der Waals surface area contributed by atoms with E-state index in [-0.39, 0.29) is 11.9 Å². The maximum absolute atomic E-state index is 10.9. The normalized spacial score (nSPS) is 13.8. The zero-order valence-electron chi connectivity index (χ0n) is 8.50. The van der Waals surface area contributed by atoms with Crippen LogP contribution in [0.3, 0.4) is 0 Å². The van der Waals surface area contributed by atoms with Crippen LogP contribution in [-0.2, 0) is 4.79 Å². The number of amides is 1. The molecule has 1 atom stereocenters. The Morgan fingerprint density at radius 3 is 2.08 bits per heavy atom. The van der Waals surface area contributed by atoms with Crippen molar-refractivity contribution < 1.29 is 4.79 Å². The minimum absolute atomic E-state index is 0.158. The van der Waals surface area contributed by atoms with Gasteiger partial charge in [-0.3, -0.25) is 9.69 Å². The molecule has 2 N–H and O–H groups in total. The lowest BCUT2D eigenvalue weighted by atomic mass is 10.1. The van der Waals surface area contributed by atoms with E-state index in [1.165, 1.54) is 0 Å². The smallest absolute Gasteiger partial charge is 0.234 e. The Bertz CT molecular complexity index is 143. The van der Waals surface area contributed by atoms with Gasteiger partial charge in [0, 0.05) is 6.04 Å². The molecule has 0 saturated carbocycles. The largest absolute Gasteiger partial charge is 0.368 e. The van der Waals surface area contributed by atoms with Gasteiger partial charge in [0.25, 0.3) is 0 Å². The molecule has 3 heteroatoms. The third kappa shape index (κ3) is 2.81. The van der Waals surface area contributed by atoms with Gasteiger partial charge in [0.05, 0.1) is 6.04 Å². The molecular formula is C9H20N2O. The van der Waals surface area contributed by atoms with Gasteiger partial charge in [-0.2, -0.15) is 0 Å². The lowest BCUT2D eigenvalue weighted by Gasteiger charge is -2.29. The fourth-order valence-corrected chi connectivity index (χ4v) is 1.38. The third-order valence-corrected chi connectivity index (χ3v) is 2.54. The summed E-state index contributed by atoms with van der Waals surface area (Å²) in [6.45, 7) is 6.09. The fourth-order valence-electron chi connectivity index (χ4n) is 1.38. The average molecular weight is 172 g/mol. The second kappa shape index (κ2) is 5.14. The molecule has 1 amide bonds. The van der Waals surface area contributed by atoms with Crippen LogP contribution in [0.1, 0.15) is 33.6 Å². The molecule has 0 saturated heterocycles. The zero-order valence-corrected chi connectivity index (χ0v) is 8.50. The van der Waals surface area contributed by atoms with Crippen molar-refractivity contribution in [1.29, 1.82) is 0 Å². The highest BCUT2D eigenvalue weighted by molar-refractivity contribution is 5.79. The molecule has 0 rings (SSSR count). The van der Waals surface area contributed by atoms with Crippen molar-refractivity contribution in [3.05, 3.63) is 0 Å². The van der Waals surface area contributed by atoms with Crippen LogP contribution in [0.2, 0.25) is 0 Å². The summed E-state index contributed by atoms with van der Waals surface area (Å²) < 4.78 is 0. The second-order valence-corrected chi connectivity index (χ2v) is 3.21. The minimum Gasteiger partial charge on any atom is -0.368 e. The minimum atomic E-state index is -0.246. The second-order valence-electron chi connectivity index (χ2n) is 3.21. The number of nitrogens with zero attached hydrogens (tertiary/aromatic N) is 1. The Kier molecular flexibility index (Phi) is 4.90. The number of primary amides is 1. The zero-order chi connectivity index (χ0) is 9.72. The Morgan fingerprint density at radius 2 is 1.83 bits per heavy atom. The van der Waals surface area contributed by atoms with Crippen LogP contribution >= 0.6 is 0 Å². The van der Waals surface area contributed by atoms with Crippen LogP contribution in [-0.4, -0.2) is 29.9 Å². The van der Waals surface area contributed by atoms with Crippen LogP contribution in [0.25, 0.3) is 0 Å². The third-order valence-electron chi connectivity index (χ3n) is 2.54. The average Bonchev–Trinajstić information content (AvgIpc) is 2.05. The Morgan fingerprint density at radius 1 is 1.42 bits per heavy atom. The summed E-state index contributed by atoms with van der Waals surface area (Å²) in [5, 5.41) is 0. The molecule has 12 heavy (non-hydrogen) atoms. The molecule has 0 spiro atoms. The highest BCUT2D eigenvalue weighted by Crippen LogP contribution is 2.09. The van der Waals surface area contributed by atoms with Gasteiger partial charge in [-0.05, 0) is 26.8 Å². The number of rotatable bonds is 5. The van der Waals surface area contributed by atoms with Crippen LogP contribution in [0.5, 0.6) is 0 Å². The molecule has 0 aromatic heterocycles.